The summed E-state index contributed by atoms with van der Waals surface area (Å²) in [6.07, 6.45) is 1.78. The summed E-state index contributed by atoms with van der Waals surface area (Å²) in [5, 5.41) is 2.86. The van der Waals surface area contributed by atoms with E-state index in [4.69, 9.17) is 16.3 Å². The number of methoxy groups -OCH3 is 1. The Bertz CT molecular complexity index is 446. The molecule has 0 aliphatic heterocycles. The van der Waals surface area contributed by atoms with Crippen molar-refractivity contribution in [2.24, 2.45) is 0 Å². The van der Waals surface area contributed by atoms with Crippen molar-refractivity contribution in [2.75, 3.05) is 13.0 Å². The second-order valence-corrected chi connectivity index (χ2v) is 4.48. The van der Waals surface area contributed by atoms with Crippen molar-refractivity contribution in [3.05, 3.63) is 29.6 Å². The highest BCUT2D eigenvalue weighted by Crippen LogP contribution is 2.36. The number of ether oxygens (including phenoxy) is 1. The molecule has 17 heavy (non-hydrogen) atoms. The van der Waals surface area contributed by atoms with Crippen molar-refractivity contribution in [1.29, 1.82) is 0 Å². The average Bonchev–Trinajstić information content (AvgIpc) is 3.10. The van der Waals surface area contributed by atoms with Crippen LogP contribution in [0, 0.1) is 5.82 Å². The van der Waals surface area contributed by atoms with Crippen molar-refractivity contribution in [3.8, 4) is 5.75 Å². The second kappa shape index (κ2) is 4.53. The van der Waals surface area contributed by atoms with E-state index in [9.17, 15) is 9.18 Å². The van der Waals surface area contributed by atoms with Crippen LogP contribution in [-0.4, -0.2) is 24.4 Å². The molecule has 1 aliphatic rings. The first-order valence-corrected chi connectivity index (χ1v) is 5.86. The number of carbonyl (C=O) groups excluding carboxylic acids is 1. The summed E-state index contributed by atoms with van der Waals surface area (Å²) in [7, 11) is 1.36. The van der Waals surface area contributed by atoms with Crippen molar-refractivity contribution < 1.29 is 13.9 Å². The zero-order valence-electron chi connectivity index (χ0n) is 9.43. The highest BCUT2D eigenvalue weighted by Gasteiger charge is 2.43. The zero-order valence-corrected chi connectivity index (χ0v) is 10.2. The number of alkyl halides is 1. The average molecular weight is 258 g/mol. The number of hydrogen-bond acceptors (Lipinski definition) is 2. The molecule has 1 amide bonds. The maximum absolute atomic E-state index is 13.2. The summed E-state index contributed by atoms with van der Waals surface area (Å²) >= 11 is 5.77. The molecule has 1 aliphatic carbocycles. The summed E-state index contributed by atoms with van der Waals surface area (Å²) in [5.41, 5.74) is 0.111. The molecule has 5 heteroatoms. The molecule has 1 fully saturated rings. The van der Waals surface area contributed by atoms with Crippen molar-refractivity contribution in [2.45, 2.75) is 18.4 Å². The molecule has 0 spiro atoms. The summed E-state index contributed by atoms with van der Waals surface area (Å²) < 4.78 is 18.0. The Morgan fingerprint density at radius 3 is 2.82 bits per heavy atom. The first-order chi connectivity index (χ1) is 8.10. The van der Waals surface area contributed by atoms with E-state index >= 15 is 0 Å². The fourth-order valence-corrected chi connectivity index (χ4v) is 1.89. The number of benzene rings is 1. The summed E-state index contributed by atoms with van der Waals surface area (Å²) in [4.78, 5) is 11.9. The van der Waals surface area contributed by atoms with E-state index in [1.165, 1.54) is 25.3 Å². The third-order valence-corrected chi connectivity index (χ3v) is 3.41. The molecule has 1 N–H and O–H groups in total. The number of rotatable bonds is 4. The molecule has 0 aromatic heterocycles. The molecular formula is C12H13ClFNO2. The van der Waals surface area contributed by atoms with Crippen LogP contribution in [0.1, 0.15) is 23.2 Å². The van der Waals surface area contributed by atoms with Crippen LogP contribution < -0.4 is 10.1 Å². The van der Waals surface area contributed by atoms with Gasteiger partial charge in [-0.25, -0.2) is 4.39 Å². The Hall–Kier alpha value is -1.29. The van der Waals surface area contributed by atoms with Gasteiger partial charge >= 0.3 is 0 Å². The van der Waals surface area contributed by atoms with E-state index in [0.29, 0.717) is 11.4 Å². The predicted molar refractivity (Wildman–Crippen MR) is 63.1 cm³/mol. The van der Waals surface area contributed by atoms with E-state index in [2.05, 4.69) is 5.32 Å². The predicted octanol–water partition coefficient (Wildman–Crippen LogP) is 2.34. The van der Waals surface area contributed by atoms with Gasteiger partial charge in [0.15, 0.2) is 11.6 Å². The fraction of sp³-hybridized carbons (Fsp3) is 0.417. The van der Waals surface area contributed by atoms with Crippen LogP contribution in [0.4, 0.5) is 4.39 Å². The maximum Gasteiger partial charge on any atom is 0.251 e. The highest BCUT2D eigenvalue weighted by atomic mass is 35.5. The van der Waals surface area contributed by atoms with Crippen molar-refractivity contribution in [1.82, 2.24) is 5.32 Å². The van der Waals surface area contributed by atoms with E-state index < -0.39 is 5.82 Å². The van der Waals surface area contributed by atoms with Crippen LogP contribution in [0.5, 0.6) is 5.75 Å². The minimum atomic E-state index is -0.484. The Kier molecular flexibility index (Phi) is 3.24. The lowest BCUT2D eigenvalue weighted by molar-refractivity contribution is 0.0935. The van der Waals surface area contributed by atoms with Crippen LogP contribution in [0.3, 0.4) is 0 Å². The molecule has 0 saturated heterocycles. The number of nitrogens with one attached hydrogen (secondary N) is 1. The summed E-state index contributed by atoms with van der Waals surface area (Å²) in [5.74, 6) is -0.269. The summed E-state index contributed by atoms with van der Waals surface area (Å²) in [6.45, 7) is 0. The van der Waals surface area contributed by atoms with Gasteiger partial charge in [-0.2, -0.15) is 0 Å². The lowest BCUT2D eigenvalue weighted by Gasteiger charge is -2.14. The Labute approximate surface area is 104 Å². The zero-order chi connectivity index (χ0) is 12.5. The Balaban J connectivity index is 2.14. The second-order valence-electron chi connectivity index (χ2n) is 4.22. The van der Waals surface area contributed by atoms with Gasteiger partial charge in [0.1, 0.15) is 0 Å². The Morgan fingerprint density at radius 2 is 2.29 bits per heavy atom. The third-order valence-electron chi connectivity index (χ3n) is 2.90. The van der Waals surface area contributed by atoms with Gasteiger partial charge < -0.3 is 10.1 Å². The van der Waals surface area contributed by atoms with Gasteiger partial charge in [0, 0.05) is 11.4 Å². The van der Waals surface area contributed by atoms with E-state index in [1.807, 2.05) is 0 Å². The first-order valence-electron chi connectivity index (χ1n) is 5.32. The molecule has 1 aromatic carbocycles. The molecule has 3 nitrogen and oxygen atoms in total. The molecule has 0 bridgehead atoms. The molecule has 0 unspecified atom stereocenters. The van der Waals surface area contributed by atoms with Crippen LogP contribution in [-0.2, 0) is 0 Å². The molecule has 0 radical (unpaired) electrons. The van der Waals surface area contributed by atoms with E-state index in [0.717, 1.165) is 12.8 Å². The topological polar surface area (TPSA) is 38.3 Å². The van der Waals surface area contributed by atoms with Gasteiger partial charge in [0.25, 0.3) is 5.91 Å². The van der Waals surface area contributed by atoms with Gasteiger partial charge in [-0.05, 0) is 31.0 Å². The number of amides is 1. The normalized spacial score (nSPS) is 16.4. The maximum atomic E-state index is 13.2. The van der Waals surface area contributed by atoms with Crippen LogP contribution >= 0.6 is 11.6 Å². The van der Waals surface area contributed by atoms with E-state index in [1.54, 1.807) is 0 Å². The first kappa shape index (κ1) is 12.2. The molecule has 2 rings (SSSR count). The third kappa shape index (κ3) is 2.52. The minimum Gasteiger partial charge on any atom is -0.494 e. The molecule has 0 heterocycles. The number of hydrogen-bond donors (Lipinski definition) is 1. The van der Waals surface area contributed by atoms with Crippen LogP contribution in [0.15, 0.2) is 18.2 Å². The van der Waals surface area contributed by atoms with Crippen LogP contribution in [0.25, 0.3) is 0 Å². The molecular weight excluding hydrogens is 245 g/mol. The highest BCUT2D eigenvalue weighted by molar-refractivity contribution is 6.19. The van der Waals surface area contributed by atoms with Gasteiger partial charge in [0.2, 0.25) is 0 Å². The standard InChI is InChI=1S/C12H13ClFNO2/c1-17-10-6-8(2-3-9(10)14)11(16)15-12(7-13)4-5-12/h2-3,6H,4-5,7H2,1H3,(H,15,16). The summed E-state index contributed by atoms with van der Waals surface area (Å²) in [6, 6.07) is 4.03. The molecule has 0 atom stereocenters. The monoisotopic (exact) mass is 257 g/mol. The van der Waals surface area contributed by atoms with Gasteiger partial charge in [0.05, 0.1) is 12.6 Å². The number of halogens is 2. The molecule has 92 valence electrons. The Morgan fingerprint density at radius 1 is 1.59 bits per heavy atom. The largest absolute Gasteiger partial charge is 0.494 e. The van der Waals surface area contributed by atoms with Crippen LogP contribution in [0.2, 0.25) is 0 Å². The van der Waals surface area contributed by atoms with Crippen molar-refractivity contribution in [3.63, 3.8) is 0 Å². The smallest absolute Gasteiger partial charge is 0.251 e. The molecule has 1 aromatic rings. The van der Waals surface area contributed by atoms with E-state index in [-0.39, 0.29) is 17.2 Å². The van der Waals surface area contributed by atoms with Gasteiger partial charge in [-0.3, -0.25) is 4.79 Å². The van der Waals surface area contributed by atoms with Gasteiger partial charge in [-0.15, -0.1) is 11.6 Å². The van der Waals surface area contributed by atoms with Crippen molar-refractivity contribution >= 4 is 17.5 Å². The lowest BCUT2D eigenvalue weighted by atomic mass is 10.1. The molecule has 1 saturated carbocycles. The minimum absolute atomic E-state index is 0.0633. The SMILES string of the molecule is COc1cc(C(=O)NC2(CCl)CC2)ccc1F. The number of carbonyl (C=O) groups is 1. The van der Waals surface area contributed by atoms with Gasteiger partial charge in [-0.1, -0.05) is 0 Å². The lowest BCUT2D eigenvalue weighted by Crippen LogP contribution is -2.38. The quantitative estimate of drug-likeness (QED) is 0.841. The fourth-order valence-electron chi connectivity index (χ4n) is 1.56.